The van der Waals surface area contributed by atoms with Crippen LogP contribution in [0.15, 0.2) is 18.2 Å². The van der Waals surface area contributed by atoms with Gasteiger partial charge in [-0.2, -0.15) is 0 Å². The number of likely N-dealkylation sites (N-methyl/N-ethyl adjacent to an activating group) is 1. The third kappa shape index (κ3) is 5.39. The molecule has 3 rings (SSSR count). The van der Waals surface area contributed by atoms with Crippen molar-refractivity contribution in [3.8, 4) is 0 Å². The summed E-state index contributed by atoms with van der Waals surface area (Å²) in [4.78, 5) is 44.7. The minimum absolute atomic E-state index is 0.00124. The molecule has 3 amide bonds. The quantitative estimate of drug-likeness (QED) is 0.681. The second-order valence-electron chi connectivity index (χ2n) is 8.02. The van der Waals surface area contributed by atoms with Gasteiger partial charge in [0.1, 0.15) is 11.6 Å². The second kappa shape index (κ2) is 10.2. The van der Waals surface area contributed by atoms with Gasteiger partial charge >= 0.3 is 0 Å². The van der Waals surface area contributed by atoms with E-state index < -0.39 is 17.6 Å². The van der Waals surface area contributed by atoms with Crippen molar-refractivity contribution in [2.75, 3.05) is 57.3 Å². The molecule has 1 unspecified atom stereocenters. The lowest BCUT2D eigenvalue weighted by atomic mass is 10.1. The molecule has 9 heteroatoms. The first-order valence-electron chi connectivity index (χ1n) is 10.9. The van der Waals surface area contributed by atoms with Crippen LogP contribution < -0.4 is 4.90 Å². The van der Waals surface area contributed by atoms with E-state index in [2.05, 4.69) is 4.90 Å². The average Bonchev–Trinajstić information content (AvgIpc) is 2.96. The highest BCUT2D eigenvalue weighted by Crippen LogP contribution is 2.29. The average molecular weight is 437 g/mol. The Labute approximate surface area is 181 Å². The fraction of sp³-hybridized carbons (Fsp3) is 0.591. The van der Waals surface area contributed by atoms with E-state index in [0.29, 0.717) is 39.3 Å². The molecular formula is C22H30F2N4O3. The van der Waals surface area contributed by atoms with Gasteiger partial charge in [-0.25, -0.2) is 8.78 Å². The topological polar surface area (TPSA) is 64.2 Å². The van der Waals surface area contributed by atoms with E-state index in [-0.39, 0.29) is 36.4 Å². The number of rotatable bonds is 6. The SMILES string of the molecule is CCN(CC)C(=O)CN1CCCN(C(=O)C2CC(=O)N(c3ccc(F)cc3F)C2)CC1. The summed E-state index contributed by atoms with van der Waals surface area (Å²) in [5.74, 6) is -2.47. The highest BCUT2D eigenvalue weighted by atomic mass is 19.1. The number of carbonyl (C=O) groups excluding carboxylic acids is 3. The summed E-state index contributed by atoms with van der Waals surface area (Å²) >= 11 is 0. The van der Waals surface area contributed by atoms with Gasteiger partial charge in [0.2, 0.25) is 17.7 Å². The Balaban J connectivity index is 1.58. The summed E-state index contributed by atoms with van der Waals surface area (Å²) in [7, 11) is 0. The predicted molar refractivity (Wildman–Crippen MR) is 112 cm³/mol. The van der Waals surface area contributed by atoms with Crippen molar-refractivity contribution in [3.63, 3.8) is 0 Å². The van der Waals surface area contributed by atoms with Crippen molar-refractivity contribution in [2.24, 2.45) is 5.92 Å². The predicted octanol–water partition coefficient (Wildman–Crippen LogP) is 1.72. The number of anilines is 1. The standard InChI is InChI=1S/C22H30F2N4O3/c1-3-26(4-2)21(30)15-25-8-5-9-27(11-10-25)22(31)16-12-20(29)28(14-16)19-7-6-17(23)13-18(19)24/h6-7,13,16H,3-5,8-12,14-15H2,1-2H3. The summed E-state index contributed by atoms with van der Waals surface area (Å²) < 4.78 is 27.3. The van der Waals surface area contributed by atoms with Crippen molar-refractivity contribution < 1.29 is 23.2 Å². The van der Waals surface area contributed by atoms with Gasteiger partial charge in [0, 0.05) is 58.3 Å². The molecule has 170 valence electrons. The molecule has 1 atom stereocenters. The van der Waals surface area contributed by atoms with Crippen molar-refractivity contribution in [1.82, 2.24) is 14.7 Å². The summed E-state index contributed by atoms with van der Waals surface area (Å²) in [6.45, 7) is 8.04. The number of hydrogen-bond acceptors (Lipinski definition) is 4. The molecule has 0 bridgehead atoms. The Morgan fingerprint density at radius 3 is 2.52 bits per heavy atom. The monoisotopic (exact) mass is 436 g/mol. The molecule has 2 aliphatic heterocycles. The van der Waals surface area contributed by atoms with Crippen LogP contribution in [0.3, 0.4) is 0 Å². The van der Waals surface area contributed by atoms with E-state index in [1.165, 1.54) is 11.0 Å². The maximum absolute atomic E-state index is 14.1. The fourth-order valence-corrected chi connectivity index (χ4v) is 4.28. The molecule has 31 heavy (non-hydrogen) atoms. The summed E-state index contributed by atoms with van der Waals surface area (Å²) in [6.07, 6.45) is 0.755. The number of nitrogens with zero attached hydrogens (tertiary/aromatic N) is 4. The third-order valence-electron chi connectivity index (χ3n) is 6.05. The molecule has 2 fully saturated rings. The van der Waals surface area contributed by atoms with E-state index in [0.717, 1.165) is 25.1 Å². The van der Waals surface area contributed by atoms with Crippen molar-refractivity contribution >= 4 is 23.4 Å². The molecule has 1 aromatic rings. The normalized spacial score (nSPS) is 20.1. The largest absolute Gasteiger partial charge is 0.342 e. The lowest BCUT2D eigenvalue weighted by molar-refractivity contribution is -0.135. The van der Waals surface area contributed by atoms with Crippen molar-refractivity contribution in [2.45, 2.75) is 26.7 Å². The van der Waals surface area contributed by atoms with Gasteiger partial charge in [-0.05, 0) is 32.4 Å². The smallest absolute Gasteiger partial charge is 0.236 e. The summed E-state index contributed by atoms with van der Waals surface area (Å²) in [6, 6.07) is 3.07. The first-order chi connectivity index (χ1) is 14.8. The Bertz CT molecular complexity index is 831. The molecule has 0 spiro atoms. The molecule has 2 heterocycles. The van der Waals surface area contributed by atoms with Crippen LogP contribution in [0.2, 0.25) is 0 Å². The number of amides is 3. The summed E-state index contributed by atoms with van der Waals surface area (Å²) in [5.41, 5.74) is -0.00124. The number of hydrogen-bond donors (Lipinski definition) is 0. The number of carbonyl (C=O) groups is 3. The van der Waals surface area contributed by atoms with Crippen LogP contribution in [0.4, 0.5) is 14.5 Å². The minimum Gasteiger partial charge on any atom is -0.342 e. The van der Waals surface area contributed by atoms with Crippen molar-refractivity contribution in [3.05, 3.63) is 29.8 Å². The Kier molecular flexibility index (Phi) is 7.59. The molecule has 2 aliphatic rings. The molecule has 7 nitrogen and oxygen atoms in total. The molecule has 1 aromatic carbocycles. The van der Waals surface area contributed by atoms with Gasteiger partial charge < -0.3 is 14.7 Å². The number of benzene rings is 1. The summed E-state index contributed by atoms with van der Waals surface area (Å²) in [5, 5.41) is 0. The zero-order valence-electron chi connectivity index (χ0n) is 18.1. The zero-order valence-corrected chi connectivity index (χ0v) is 18.1. The highest BCUT2D eigenvalue weighted by molar-refractivity contribution is 6.00. The first kappa shape index (κ1) is 23.1. The van der Waals surface area contributed by atoms with Gasteiger partial charge in [-0.1, -0.05) is 0 Å². The van der Waals surface area contributed by atoms with Gasteiger partial charge in [-0.3, -0.25) is 19.3 Å². The van der Waals surface area contributed by atoms with E-state index in [1.807, 2.05) is 13.8 Å². The third-order valence-corrected chi connectivity index (χ3v) is 6.05. The Morgan fingerprint density at radius 2 is 1.84 bits per heavy atom. The molecule has 2 saturated heterocycles. The lowest BCUT2D eigenvalue weighted by Gasteiger charge is -2.26. The highest BCUT2D eigenvalue weighted by Gasteiger charge is 2.38. The molecule has 0 saturated carbocycles. The maximum atomic E-state index is 14.1. The van der Waals surface area contributed by atoms with Crippen LogP contribution >= 0.6 is 0 Å². The van der Waals surface area contributed by atoms with Gasteiger partial charge in [-0.15, -0.1) is 0 Å². The maximum Gasteiger partial charge on any atom is 0.236 e. The van der Waals surface area contributed by atoms with Gasteiger partial charge in [0.25, 0.3) is 0 Å². The molecular weight excluding hydrogens is 406 g/mol. The molecule has 0 N–H and O–H groups in total. The zero-order chi connectivity index (χ0) is 22.5. The van der Waals surface area contributed by atoms with Crippen LogP contribution in [0.1, 0.15) is 26.7 Å². The van der Waals surface area contributed by atoms with E-state index >= 15 is 0 Å². The van der Waals surface area contributed by atoms with Crippen molar-refractivity contribution in [1.29, 1.82) is 0 Å². The van der Waals surface area contributed by atoms with Crippen LogP contribution in [-0.2, 0) is 14.4 Å². The van der Waals surface area contributed by atoms with E-state index in [9.17, 15) is 23.2 Å². The van der Waals surface area contributed by atoms with Crippen LogP contribution in [0, 0.1) is 17.6 Å². The van der Waals surface area contributed by atoms with Crippen LogP contribution in [0.5, 0.6) is 0 Å². The lowest BCUT2D eigenvalue weighted by Crippen LogP contribution is -2.43. The Morgan fingerprint density at radius 1 is 1.10 bits per heavy atom. The first-order valence-corrected chi connectivity index (χ1v) is 10.9. The molecule has 0 radical (unpaired) electrons. The van der Waals surface area contributed by atoms with Gasteiger partial charge in [0.05, 0.1) is 18.2 Å². The van der Waals surface area contributed by atoms with Crippen LogP contribution in [0.25, 0.3) is 0 Å². The fourth-order valence-electron chi connectivity index (χ4n) is 4.28. The van der Waals surface area contributed by atoms with E-state index in [4.69, 9.17) is 0 Å². The second-order valence-corrected chi connectivity index (χ2v) is 8.02. The van der Waals surface area contributed by atoms with Gasteiger partial charge in [0.15, 0.2) is 0 Å². The molecule has 0 aromatic heterocycles. The molecule has 0 aliphatic carbocycles. The Hall–Kier alpha value is -2.55. The number of halogens is 2. The van der Waals surface area contributed by atoms with Crippen LogP contribution in [-0.4, -0.2) is 84.8 Å². The minimum atomic E-state index is -0.815. The van der Waals surface area contributed by atoms with E-state index in [1.54, 1.807) is 9.80 Å².